The van der Waals surface area contributed by atoms with E-state index in [9.17, 15) is 4.79 Å². The second kappa shape index (κ2) is 7.38. The minimum Gasteiger partial charge on any atom is -0.349 e. The number of nitrogens with zero attached hydrogens (tertiary/aromatic N) is 2. The molecular formula is C19H23N3O. The third-order valence-corrected chi connectivity index (χ3v) is 4.33. The summed E-state index contributed by atoms with van der Waals surface area (Å²) in [4.78, 5) is 18.9. The first-order valence-corrected chi connectivity index (χ1v) is 8.20. The van der Waals surface area contributed by atoms with Gasteiger partial charge in [0.2, 0.25) is 0 Å². The number of carbonyl (C=O) groups excluding carboxylic acids is 1. The Labute approximate surface area is 137 Å². The first-order chi connectivity index (χ1) is 11.2. The average molecular weight is 309 g/mol. The molecule has 0 unspecified atom stereocenters. The number of benzene rings is 1. The molecule has 1 amide bonds. The maximum absolute atomic E-state index is 12.3. The van der Waals surface area contributed by atoms with E-state index in [2.05, 4.69) is 39.5 Å². The molecule has 1 fully saturated rings. The lowest BCUT2D eigenvalue weighted by Gasteiger charge is -2.32. The monoisotopic (exact) mass is 309 g/mol. The number of aryl methyl sites for hydroxylation is 1. The highest BCUT2D eigenvalue weighted by molar-refractivity contribution is 5.94. The second-order valence-corrected chi connectivity index (χ2v) is 6.20. The predicted molar refractivity (Wildman–Crippen MR) is 91.2 cm³/mol. The van der Waals surface area contributed by atoms with E-state index in [1.807, 2.05) is 19.1 Å². The largest absolute Gasteiger partial charge is 0.349 e. The number of amides is 1. The Bertz CT molecular complexity index is 649. The van der Waals surface area contributed by atoms with E-state index in [-0.39, 0.29) is 11.9 Å². The van der Waals surface area contributed by atoms with Crippen molar-refractivity contribution >= 4 is 5.91 Å². The summed E-state index contributed by atoms with van der Waals surface area (Å²) in [5.41, 5.74) is 2.92. The van der Waals surface area contributed by atoms with Gasteiger partial charge in [-0.1, -0.05) is 30.3 Å². The minimum absolute atomic E-state index is 0.0111. The zero-order chi connectivity index (χ0) is 16.1. The number of aromatic nitrogens is 1. The maximum Gasteiger partial charge on any atom is 0.251 e. The molecule has 2 heterocycles. The van der Waals surface area contributed by atoms with E-state index in [0.717, 1.165) is 38.2 Å². The highest BCUT2D eigenvalue weighted by Crippen LogP contribution is 2.14. The van der Waals surface area contributed by atoms with E-state index < -0.39 is 0 Å². The number of piperidine rings is 1. The zero-order valence-corrected chi connectivity index (χ0v) is 13.5. The Morgan fingerprint density at radius 1 is 1.22 bits per heavy atom. The maximum atomic E-state index is 12.3. The van der Waals surface area contributed by atoms with Crippen molar-refractivity contribution in [3.63, 3.8) is 0 Å². The number of nitrogens with one attached hydrogen (secondary N) is 1. The Morgan fingerprint density at radius 3 is 2.65 bits per heavy atom. The van der Waals surface area contributed by atoms with Crippen LogP contribution < -0.4 is 5.32 Å². The van der Waals surface area contributed by atoms with Crippen molar-refractivity contribution in [2.75, 3.05) is 13.1 Å². The van der Waals surface area contributed by atoms with Crippen molar-refractivity contribution in [3.8, 4) is 0 Å². The van der Waals surface area contributed by atoms with Crippen LogP contribution in [-0.4, -0.2) is 34.9 Å². The first kappa shape index (κ1) is 15.7. The second-order valence-electron chi connectivity index (χ2n) is 6.20. The fourth-order valence-electron chi connectivity index (χ4n) is 3.03. The van der Waals surface area contributed by atoms with Gasteiger partial charge in [0.15, 0.2) is 0 Å². The number of pyridine rings is 1. The van der Waals surface area contributed by atoms with Gasteiger partial charge in [-0.05, 0) is 37.5 Å². The lowest BCUT2D eigenvalue weighted by atomic mass is 10.0. The van der Waals surface area contributed by atoms with E-state index in [1.54, 1.807) is 12.3 Å². The molecule has 0 spiro atoms. The van der Waals surface area contributed by atoms with Gasteiger partial charge < -0.3 is 5.32 Å². The fraction of sp³-hybridized carbons (Fsp3) is 0.368. The third kappa shape index (κ3) is 4.39. The van der Waals surface area contributed by atoms with E-state index in [4.69, 9.17) is 0 Å². The highest BCUT2D eigenvalue weighted by atomic mass is 16.1. The van der Waals surface area contributed by atoms with Crippen molar-refractivity contribution in [3.05, 3.63) is 65.5 Å². The molecule has 4 heteroatoms. The molecule has 0 atom stereocenters. The molecule has 0 aliphatic carbocycles. The van der Waals surface area contributed by atoms with Crippen molar-refractivity contribution in [2.24, 2.45) is 0 Å². The van der Waals surface area contributed by atoms with Crippen LogP contribution in [0, 0.1) is 6.92 Å². The van der Waals surface area contributed by atoms with Gasteiger partial charge in [-0.15, -0.1) is 0 Å². The van der Waals surface area contributed by atoms with Gasteiger partial charge in [0.05, 0.1) is 0 Å². The number of hydrogen-bond acceptors (Lipinski definition) is 3. The Hall–Kier alpha value is -2.20. The van der Waals surface area contributed by atoms with E-state index >= 15 is 0 Å². The Balaban J connectivity index is 1.48. The molecule has 120 valence electrons. The van der Waals surface area contributed by atoms with Crippen LogP contribution in [0.1, 0.15) is 34.5 Å². The van der Waals surface area contributed by atoms with Gasteiger partial charge in [0.1, 0.15) is 0 Å². The van der Waals surface area contributed by atoms with Gasteiger partial charge in [-0.25, -0.2) is 0 Å². The summed E-state index contributed by atoms with van der Waals surface area (Å²) in [6.07, 6.45) is 3.69. The average Bonchev–Trinajstić information content (AvgIpc) is 2.57. The number of rotatable bonds is 4. The smallest absolute Gasteiger partial charge is 0.251 e. The van der Waals surface area contributed by atoms with Crippen molar-refractivity contribution in [1.82, 2.24) is 15.2 Å². The SMILES string of the molecule is Cc1cc(C(=O)NC2CCN(Cc3ccccc3)CC2)ccn1. The molecule has 1 aromatic heterocycles. The molecular weight excluding hydrogens is 286 g/mol. The van der Waals surface area contributed by atoms with Crippen LogP contribution in [0.25, 0.3) is 0 Å². The summed E-state index contributed by atoms with van der Waals surface area (Å²) in [7, 11) is 0. The lowest BCUT2D eigenvalue weighted by Crippen LogP contribution is -2.44. The standard InChI is InChI=1S/C19H23N3O/c1-15-13-17(7-10-20-15)19(23)21-18-8-11-22(12-9-18)14-16-5-3-2-4-6-16/h2-7,10,13,18H,8-9,11-12,14H2,1H3,(H,21,23). The van der Waals surface area contributed by atoms with Crippen molar-refractivity contribution in [2.45, 2.75) is 32.4 Å². The third-order valence-electron chi connectivity index (χ3n) is 4.33. The van der Waals surface area contributed by atoms with Crippen molar-refractivity contribution in [1.29, 1.82) is 0 Å². The van der Waals surface area contributed by atoms with Gasteiger partial charge in [0.25, 0.3) is 5.91 Å². The molecule has 1 aliphatic heterocycles. The van der Waals surface area contributed by atoms with E-state index in [1.165, 1.54) is 5.56 Å². The van der Waals surface area contributed by atoms with Crippen LogP contribution in [0.3, 0.4) is 0 Å². The molecule has 1 aliphatic rings. The summed E-state index contributed by atoms with van der Waals surface area (Å²) in [5, 5.41) is 3.15. The summed E-state index contributed by atoms with van der Waals surface area (Å²) in [5.74, 6) is 0.0111. The van der Waals surface area contributed by atoms with Crippen LogP contribution >= 0.6 is 0 Å². The predicted octanol–water partition coefficient (Wildman–Crippen LogP) is 2.78. The number of likely N-dealkylation sites (tertiary alicyclic amines) is 1. The molecule has 1 saturated heterocycles. The molecule has 3 rings (SSSR count). The number of carbonyl (C=O) groups is 1. The summed E-state index contributed by atoms with van der Waals surface area (Å²) in [6, 6.07) is 14.4. The molecule has 2 aromatic rings. The van der Waals surface area contributed by atoms with E-state index in [0.29, 0.717) is 5.56 Å². The molecule has 4 nitrogen and oxygen atoms in total. The normalized spacial score (nSPS) is 16.2. The van der Waals surface area contributed by atoms with Crippen molar-refractivity contribution < 1.29 is 4.79 Å². The van der Waals surface area contributed by atoms with Gasteiger partial charge in [-0.2, -0.15) is 0 Å². The molecule has 23 heavy (non-hydrogen) atoms. The van der Waals surface area contributed by atoms with Gasteiger partial charge in [0, 0.05) is 43.1 Å². The first-order valence-electron chi connectivity index (χ1n) is 8.20. The van der Waals surface area contributed by atoms with Gasteiger partial charge >= 0.3 is 0 Å². The molecule has 0 saturated carbocycles. The molecule has 0 radical (unpaired) electrons. The highest BCUT2D eigenvalue weighted by Gasteiger charge is 2.21. The quantitative estimate of drug-likeness (QED) is 0.944. The topological polar surface area (TPSA) is 45.2 Å². The molecule has 1 N–H and O–H groups in total. The summed E-state index contributed by atoms with van der Waals surface area (Å²) < 4.78 is 0. The number of hydrogen-bond donors (Lipinski definition) is 1. The van der Waals surface area contributed by atoms with Crippen LogP contribution in [0.4, 0.5) is 0 Å². The van der Waals surface area contributed by atoms with Crippen LogP contribution in [-0.2, 0) is 6.54 Å². The minimum atomic E-state index is 0.0111. The fourth-order valence-corrected chi connectivity index (χ4v) is 3.03. The molecule has 1 aromatic carbocycles. The van der Waals surface area contributed by atoms with Gasteiger partial charge in [-0.3, -0.25) is 14.7 Å². The van der Waals surface area contributed by atoms with Crippen LogP contribution in [0.15, 0.2) is 48.7 Å². The van der Waals surface area contributed by atoms with Crippen LogP contribution in [0.2, 0.25) is 0 Å². The Kier molecular flexibility index (Phi) is 5.03. The zero-order valence-electron chi connectivity index (χ0n) is 13.5. The summed E-state index contributed by atoms with van der Waals surface area (Å²) in [6.45, 7) is 4.94. The van der Waals surface area contributed by atoms with Crippen LogP contribution in [0.5, 0.6) is 0 Å². The lowest BCUT2D eigenvalue weighted by molar-refractivity contribution is 0.0908. The summed E-state index contributed by atoms with van der Waals surface area (Å²) >= 11 is 0. The Morgan fingerprint density at radius 2 is 1.96 bits per heavy atom. The molecule has 0 bridgehead atoms.